The highest BCUT2D eigenvalue weighted by Gasteiger charge is 2.28. The fourth-order valence-corrected chi connectivity index (χ4v) is 3.08. The first-order valence-electron chi connectivity index (χ1n) is 5.95. The van der Waals surface area contributed by atoms with E-state index in [1.54, 1.807) is 6.92 Å². The van der Waals surface area contributed by atoms with E-state index < -0.39 is 10.0 Å². The highest BCUT2D eigenvalue weighted by atomic mass is 32.2. The summed E-state index contributed by atoms with van der Waals surface area (Å²) in [4.78, 5) is 0. The second-order valence-electron chi connectivity index (χ2n) is 4.59. The Hall–Kier alpha value is -0.920. The normalized spacial score (nSPS) is 14.1. The first kappa shape index (κ1) is 15.1. The molecule has 0 bridgehead atoms. The summed E-state index contributed by atoms with van der Waals surface area (Å²) in [7, 11) is -2.10. The summed E-state index contributed by atoms with van der Waals surface area (Å²) in [6.07, 6.45) is 0.909. The van der Waals surface area contributed by atoms with Crippen molar-refractivity contribution in [2.24, 2.45) is 5.92 Å². The van der Waals surface area contributed by atoms with Gasteiger partial charge < -0.3 is 5.11 Å². The molecule has 0 fully saturated rings. The third kappa shape index (κ3) is 2.90. The van der Waals surface area contributed by atoms with E-state index in [0.717, 1.165) is 6.42 Å². The van der Waals surface area contributed by atoms with E-state index in [2.05, 4.69) is 10.2 Å². The zero-order chi connectivity index (χ0) is 13.9. The monoisotopic (exact) mass is 275 g/mol. The molecule has 0 aromatic carbocycles. The fourth-order valence-electron chi connectivity index (χ4n) is 1.64. The van der Waals surface area contributed by atoms with Crippen LogP contribution in [-0.2, 0) is 16.6 Å². The maximum absolute atomic E-state index is 12.3. The third-order valence-electron chi connectivity index (χ3n) is 3.11. The minimum Gasteiger partial charge on any atom is -0.392 e. The summed E-state index contributed by atoms with van der Waals surface area (Å²) in [5.74, 6) is 0.280. The van der Waals surface area contributed by atoms with Crippen LogP contribution in [0.1, 0.15) is 31.5 Å². The molecular formula is C11H21N3O3S. The topological polar surface area (TPSA) is 86.3 Å². The van der Waals surface area contributed by atoms with Crippen LogP contribution in [0.25, 0.3) is 0 Å². The van der Waals surface area contributed by atoms with Gasteiger partial charge in [-0.25, -0.2) is 8.42 Å². The summed E-state index contributed by atoms with van der Waals surface area (Å²) in [6.45, 7) is 5.80. The number of hydrogen-bond donors (Lipinski definition) is 2. The van der Waals surface area contributed by atoms with Crippen molar-refractivity contribution in [1.29, 1.82) is 0 Å². The molecule has 0 saturated heterocycles. The first-order valence-corrected chi connectivity index (χ1v) is 7.39. The van der Waals surface area contributed by atoms with Crippen molar-refractivity contribution in [3.8, 4) is 0 Å². The van der Waals surface area contributed by atoms with Crippen molar-refractivity contribution in [1.82, 2.24) is 14.5 Å². The Morgan fingerprint density at radius 2 is 2.11 bits per heavy atom. The molecule has 1 heterocycles. The van der Waals surface area contributed by atoms with Crippen molar-refractivity contribution in [3.63, 3.8) is 0 Å². The molecule has 1 rings (SSSR count). The van der Waals surface area contributed by atoms with Gasteiger partial charge in [-0.05, 0) is 12.8 Å². The van der Waals surface area contributed by atoms with Gasteiger partial charge in [0.25, 0.3) is 10.0 Å². The molecule has 0 radical (unpaired) electrons. The van der Waals surface area contributed by atoms with Crippen LogP contribution in [0.3, 0.4) is 0 Å². The first-order chi connectivity index (χ1) is 8.34. The number of nitrogens with one attached hydrogen (secondary N) is 1. The zero-order valence-electron chi connectivity index (χ0n) is 11.3. The Labute approximate surface area is 108 Å². The van der Waals surface area contributed by atoms with Gasteiger partial charge in [0.05, 0.1) is 6.61 Å². The van der Waals surface area contributed by atoms with Crippen LogP contribution in [0.15, 0.2) is 5.03 Å². The van der Waals surface area contributed by atoms with Crippen LogP contribution in [0.4, 0.5) is 0 Å². The molecule has 1 aromatic rings. The van der Waals surface area contributed by atoms with E-state index in [1.807, 2.05) is 13.8 Å². The molecule has 7 heteroatoms. The Balaban J connectivity index is 3.05. The van der Waals surface area contributed by atoms with Gasteiger partial charge in [0.1, 0.15) is 0 Å². The van der Waals surface area contributed by atoms with Gasteiger partial charge in [-0.2, -0.15) is 9.40 Å². The van der Waals surface area contributed by atoms with E-state index in [1.165, 1.54) is 11.4 Å². The molecule has 2 N–H and O–H groups in total. The van der Waals surface area contributed by atoms with Gasteiger partial charge in [0, 0.05) is 24.8 Å². The third-order valence-corrected chi connectivity index (χ3v) is 4.91. The van der Waals surface area contributed by atoms with Gasteiger partial charge in [-0.3, -0.25) is 5.10 Å². The van der Waals surface area contributed by atoms with Gasteiger partial charge in [0.2, 0.25) is 0 Å². The molecule has 104 valence electrons. The molecule has 18 heavy (non-hydrogen) atoms. The Morgan fingerprint density at radius 1 is 1.50 bits per heavy atom. The van der Waals surface area contributed by atoms with Gasteiger partial charge in [0.15, 0.2) is 5.03 Å². The van der Waals surface area contributed by atoms with Crippen molar-refractivity contribution >= 4 is 10.0 Å². The average Bonchev–Trinajstić information content (AvgIpc) is 2.70. The molecule has 0 spiro atoms. The molecule has 0 aliphatic heterocycles. The number of hydrogen-bond acceptors (Lipinski definition) is 4. The Morgan fingerprint density at radius 3 is 2.61 bits per heavy atom. The van der Waals surface area contributed by atoms with Crippen molar-refractivity contribution in [2.75, 3.05) is 13.6 Å². The molecule has 6 nitrogen and oxygen atoms in total. The van der Waals surface area contributed by atoms with Crippen LogP contribution in [0.2, 0.25) is 0 Å². The summed E-state index contributed by atoms with van der Waals surface area (Å²) >= 11 is 0. The van der Waals surface area contributed by atoms with E-state index in [9.17, 15) is 13.5 Å². The van der Waals surface area contributed by atoms with Gasteiger partial charge >= 0.3 is 0 Å². The summed E-state index contributed by atoms with van der Waals surface area (Å²) in [5.41, 5.74) is 0.916. The Kier molecular flexibility index (Phi) is 4.89. The van der Waals surface area contributed by atoms with Crippen LogP contribution in [0.5, 0.6) is 0 Å². The second kappa shape index (κ2) is 5.81. The molecule has 1 unspecified atom stereocenters. The van der Waals surface area contributed by atoms with Crippen molar-refractivity contribution < 1.29 is 13.5 Å². The minimum atomic E-state index is -3.64. The zero-order valence-corrected chi connectivity index (χ0v) is 12.1. The lowest BCUT2D eigenvalue weighted by Crippen LogP contribution is -2.31. The highest BCUT2D eigenvalue weighted by molar-refractivity contribution is 7.89. The number of aliphatic hydroxyl groups is 1. The predicted molar refractivity (Wildman–Crippen MR) is 68.5 cm³/mol. The standard InChI is InChI=1S/C11H21N3O3S/c1-5-8(2)6-14(4)18(16,17)11-10(7-15)9(3)12-13-11/h8,15H,5-7H2,1-4H3,(H,12,13). The molecule has 1 atom stereocenters. The molecule has 0 aliphatic rings. The molecule has 0 aliphatic carbocycles. The summed E-state index contributed by atoms with van der Waals surface area (Å²) < 4.78 is 25.9. The number of aromatic nitrogens is 2. The number of aromatic amines is 1. The minimum absolute atomic E-state index is 0.0756. The quantitative estimate of drug-likeness (QED) is 0.807. The summed E-state index contributed by atoms with van der Waals surface area (Å²) in [6, 6.07) is 0. The SMILES string of the molecule is CCC(C)CN(C)S(=O)(=O)c1n[nH]c(C)c1CO. The number of H-pyrrole nitrogens is 1. The lowest BCUT2D eigenvalue weighted by molar-refractivity contribution is 0.277. The van der Waals surface area contributed by atoms with Crippen LogP contribution in [0, 0.1) is 12.8 Å². The Bertz CT molecular complexity index is 496. The molecular weight excluding hydrogens is 254 g/mol. The number of aryl methyl sites for hydroxylation is 1. The van der Waals surface area contributed by atoms with E-state index in [4.69, 9.17) is 0 Å². The summed E-state index contributed by atoms with van der Waals surface area (Å²) in [5, 5.41) is 15.5. The molecule has 1 aromatic heterocycles. The van der Waals surface area contributed by atoms with Crippen molar-refractivity contribution in [2.45, 2.75) is 38.8 Å². The molecule has 0 amide bonds. The van der Waals surface area contributed by atoms with E-state index in [-0.39, 0.29) is 17.6 Å². The smallest absolute Gasteiger partial charge is 0.262 e. The van der Waals surface area contributed by atoms with Crippen LogP contribution >= 0.6 is 0 Å². The van der Waals surface area contributed by atoms with Crippen LogP contribution < -0.4 is 0 Å². The van der Waals surface area contributed by atoms with Gasteiger partial charge in [-0.1, -0.05) is 20.3 Å². The van der Waals surface area contributed by atoms with E-state index >= 15 is 0 Å². The lowest BCUT2D eigenvalue weighted by atomic mass is 10.1. The van der Waals surface area contributed by atoms with E-state index in [0.29, 0.717) is 17.8 Å². The maximum Gasteiger partial charge on any atom is 0.262 e. The number of nitrogens with zero attached hydrogens (tertiary/aromatic N) is 2. The maximum atomic E-state index is 12.3. The number of aliphatic hydroxyl groups excluding tert-OH is 1. The fraction of sp³-hybridized carbons (Fsp3) is 0.727. The number of sulfonamides is 1. The second-order valence-corrected chi connectivity index (χ2v) is 6.55. The molecule has 0 saturated carbocycles. The van der Waals surface area contributed by atoms with Crippen LogP contribution in [-0.4, -0.2) is 41.6 Å². The van der Waals surface area contributed by atoms with Crippen molar-refractivity contribution in [3.05, 3.63) is 11.3 Å². The largest absolute Gasteiger partial charge is 0.392 e. The predicted octanol–water partition coefficient (Wildman–Crippen LogP) is 0.877. The number of rotatable bonds is 6. The van der Waals surface area contributed by atoms with Gasteiger partial charge in [-0.15, -0.1) is 0 Å². The highest BCUT2D eigenvalue weighted by Crippen LogP contribution is 2.20. The lowest BCUT2D eigenvalue weighted by Gasteiger charge is -2.19. The average molecular weight is 275 g/mol.